The fourth-order valence-corrected chi connectivity index (χ4v) is 9.52. The monoisotopic (exact) mass is 1110 g/mol. The van der Waals surface area contributed by atoms with E-state index in [1.807, 2.05) is 0 Å². The second-order valence-corrected chi connectivity index (χ2v) is 22.3. The number of rotatable bonds is 61. The second-order valence-electron chi connectivity index (χ2n) is 22.3. The minimum Gasteiger partial charge on any atom is -0.462 e. The van der Waals surface area contributed by atoms with E-state index in [4.69, 9.17) is 14.2 Å². The van der Waals surface area contributed by atoms with E-state index >= 15 is 0 Å². The first kappa shape index (κ1) is 76.1. The van der Waals surface area contributed by atoms with Crippen molar-refractivity contribution in [1.29, 1.82) is 0 Å². The number of unbranched alkanes of at least 4 members (excludes halogenated alkanes) is 32. The lowest BCUT2D eigenvalue weighted by atomic mass is 10.0. The van der Waals surface area contributed by atoms with Gasteiger partial charge >= 0.3 is 17.9 Å². The van der Waals surface area contributed by atoms with Crippen LogP contribution in [0.5, 0.6) is 0 Å². The van der Waals surface area contributed by atoms with Crippen LogP contribution in [0.15, 0.2) is 109 Å². The Bertz CT molecular complexity index is 1610. The van der Waals surface area contributed by atoms with Gasteiger partial charge in [0.25, 0.3) is 0 Å². The first-order valence-electron chi connectivity index (χ1n) is 33.9. The molecule has 458 valence electrons. The highest BCUT2D eigenvalue weighted by Crippen LogP contribution is 2.17. The standard InChI is InChI=1S/C74H126O6/c1-4-7-10-13-16-19-22-25-28-30-32-34-36-37-39-40-42-44-46-49-52-55-58-61-64-67-73(76)79-70-71(69-78-72(75)66-63-60-57-54-51-48-27-24-21-18-15-12-9-6-3)80-74(77)68-65-62-59-56-53-50-47-45-43-41-38-35-33-31-29-26-23-20-17-14-11-8-5-2/h7-8,10-11,16-17,19-20,25-26,28-29,32-35,37,39,71H,4-6,9,12-15,18,21-24,27,30-31,36,38,40-70H2,1-3H3/b10-7-,11-8-,19-16-,20-17-,28-25-,29-26-,34-32-,35-33-,39-37-. The zero-order valence-corrected chi connectivity index (χ0v) is 52.6. The van der Waals surface area contributed by atoms with Gasteiger partial charge in [0.2, 0.25) is 0 Å². The number of hydrogen-bond donors (Lipinski definition) is 0. The topological polar surface area (TPSA) is 78.9 Å². The van der Waals surface area contributed by atoms with Gasteiger partial charge < -0.3 is 14.2 Å². The summed E-state index contributed by atoms with van der Waals surface area (Å²) in [4.78, 5) is 38.4. The van der Waals surface area contributed by atoms with Crippen LogP contribution in [-0.2, 0) is 28.6 Å². The summed E-state index contributed by atoms with van der Waals surface area (Å²) in [6.07, 6.45) is 92.4. The van der Waals surface area contributed by atoms with Crippen LogP contribution in [0.25, 0.3) is 0 Å². The van der Waals surface area contributed by atoms with Crippen molar-refractivity contribution >= 4 is 17.9 Å². The maximum atomic E-state index is 13.0. The molecule has 6 nitrogen and oxygen atoms in total. The van der Waals surface area contributed by atoms with Gasteiger partial charge in [-0.15, -0.1) is 0 Å². The molecule has 80 heavy (non-hydrogen) atoms. The van der Waals surface area contributed by atoms with Gasteiger partial charge in [-0.25, -0.2) is 0 Å². The van der Waals surface area contributed by atoms with E-state index in [9.17, 15) is 14.4 Å². The molecule has 0 aromatic carbocycles. The average Bonchev–Trinajstić information content (AvgIpc) is 3.46. The summed E-state index contributed by atoms with van der Waals surface area (Å²) in [5, 5.41) is 0. The molecule has 0 aliphatic heterocycles. The molecule has 0 aromatic rings. The summed E-state index contributed by atoms with van der Waals surface area (Å²) in [6, 6.07) is 0. The van der Waals surface area contributed by atoms with Crippen LogP contribution in [-0.4, -0.2) is 37.2 Å². The fraction of sp³-hybridized carbons (Fsp3) is 0.716. The van der Waals surface area contributed by atoms with Crippen molar-refractivity contribution in [2.75, 3.05) is 13.2 Å². The highest BCUT2D eigenvalue weighted by molar-refractivity contribution is 5.71. The number of carbonyl (C=O) groups is 3. The maximum Gasteiger partial charge on any atom is 0.306 e. The molecule has 0 amide bonds. The number of carbonyl (C=O) groups excluding carboxylic acids is 3. The molecule has 0 spiro atoms. The minimum absolute atomic E-state index is 0.0791. The third kappa shape index (κ3) is 64.9. The van der Waals surface area contributed by atoms with Crippen LogP contribution in [0.1, 0.15) is 323 Å². The Morgan fingerprint density at radius 3 is 0.762 bits per heavy atom. The van der Waals surface area contributed by atoms with E-state index < -0.39 is 6.10 Å². The van der Waals surface area contributed by atoms with Crippen molar-refractivity contribution in [3.05, 3.63) is 109 Å². The molecule has 0 saturated heterocycles. The Hall–Kier alpha value is -3.93. The highest BCUT2D eigenvalue weighted by Gasteiger charge is 2.19. The third-order valence-corrected chi connectivity index (χ3v) is 14.5. The van der Waals surface area contributed by atoms with Crippen LogP contribution in [0.3, 0.4) is 0 Å². The Kier molecular flexibility index (Phi) is 64.3. The summed E-state index contributed by atoms with van der Waals surface area (Å²) < 4.78 is 17.0. The lowest BCUT2D eigenvalue weighted by Gasteiger charge is -2.18. The molecule has 6 heteroatoms. The van der Waals surface area contributed by atoms with Crippen LogP contribution in [0, 0.1) is 0 Å². The van der Waals surface area contributed by atoms with Crippen molar-refractivity contribution in [2.24, 2.45) is 0 Å². The minimum atomic E-state index is -0.784. The van der Waals surface area contributed by atoms with E-state index in [1.165, 1.54) is 161 Å². The van der Waals surface area contributed by atoms with Gasteiger partial charge in [0.05, 0.1) is 0 Å². The molecule has 0 fully saturated rings. The van der Waals surface area contributed by atoms with Gasteiger partial charge in [-0.05, 0) is 103 Å². The lowest BCUT2D eigenvalue weighted by molar-refractivity contribution is -0.167. The largest absolute Gasteiger partial charge is 0.462 e. The van der Waals surface area contributed by atoms with E-state index in [-0.39, 0.29) is 31.1 Å². The first-order chi connectivity index (χ1) is 39.5. The molecule has 1 atom stereocenters. The molecule has 0 aliphatic rings. The van der Waals surface area contributed by atoms with Gasteiger partial charge in [-0.2, -0.15) is 0 Å². The van der Waals surface area contributed by atoms with Gasteiger partial charge in [-0.1, -0.05) is 310 Å². The quantitative estimate of drug-likeness (QED) is 0.0261. The Morgan fingerprint density at radius 1 is 0.263 bits per heavy atom. The summed E-state index contributed by atoms with van der Waals surface area (Å²) in [7, 11) is 0. The van der Waals surface area contributed by atoms with Crippen molar-refractivity contribution in [3.8, 4) is 0 Å². The molecule has 0 N–H and O–H groups in total. The Labute approximate surface area is 495 Å². The van der Waals surface area contributed by atoms with E-state index in [0.29, 0.717) is 19.3 Å². The highest BCUT2D eigenvalue weighted by atomic mass is 16.6. The van der Waals surface area contributed by atoms with E-state index in [1.54, 1.807) is 0 Å². The molecule has 0 aromatic heterocycles. The summed E-state index contributed by atoms with van der Waals surface area (Å²) >= 11 is 0. The molecular weight excluding hydrogens is 985 g/mol. The van der Waals surface area contributed by atoms with Crippen molar-refractivity contribution in [1.82, 2.24) is 0 Å². The summed E-state index contributed by atoms with van der Waals surface area (Å²) in [5.41, 5.74) is 0. The van der Waals surface area contributed by atoms with Crippen LogP contribution < -0.4 is 0 Å². The number of esters is 3. The molecule has 0 rings (SSSR count). The number of hydrogen-bond acceptors (Lipinski definition) is 6. The van der Waals surface area contributed by atoms with E-state index in [0.717, 1.165) is 122 Å². The summed E-state index contributed by atoms with van der Waals surface area (Å²) in [6.45, 7) is 6.44. The second kappa shape index (κ2) is 67.6. The Morgan fingerprint density at radius 2 is 0.487 bits per heavy atom. The van der Waals surface area contributed by atoms with Gasteiger partial charge in [0.15, 0.2) is 6.10 Å². The molecule has 0 saturated carbocycles. The van der Waals surface area contributed by atoms with Crippen LogP contribution >= 0.6 is 0 Å². The van der Waals surface area contributed by atoms with Crippen molar-refractivity contribution in [2.45, 2.75) is 329 Å². The molecule has 0 radical (unpaired) electrons. The van der Waals surface area contributed by atoms with Gasteiger partial charge in [-0.3, -0.25) is 14.4 Å². The lowest BCUT2D eigenvalue weighted by Crippen LogP contribution is -2.30. The van der Waals surface area contributed by atoms with Crippen molar-refractivity contribution < 1.29 is 28.6 Å². The van der Waals surface area contributed by atoms with Gasteiger partial charge in [0, 0.05) is 19.3 Å². The first-order valence-corrected chi connectivity index (χ1v) is 33.9. The smallest absolute Gasteiger partial charge is 0.306 e. The van der Waals surface area contributed by atoms with Crippen molar-refractivity contribution in [3.63, 3.8) is 0 Å². The predicted molar refractivity (Wildman–Crippen MR) is 348 cm³/mol. The number of allylic oxidation sites excluding steroid dienone is 18. The normalized spacial score (nSPS) is 12.8. The number of ether oxygens (including phenoxy) is 3. The molecular formula is C74H126O6. The molecule has 0 aliphatic carbocycles. The zero-order valence-electron chi connectivity index (χ0n) is 52.6. The Balaban J connectivity index is 4.35. The van der Waals surface area contributed by atoms with E-state index in [2.05, 4.69) is 130 Å². The van der Waals surface area contributed by atoms with Crippen LogP contribution in [0.4, 0.5) is 0 Å². The summed E-state index contributed by atoms with van der Waals surface area (Å²) in [5.74, 6) is -0.877. The maximum absolute atomic E-state index is 13.0. The SMILES string of the molecule is CC/C=C\C/C=C\C/C=C\C/C=C\C/C=C\CCCCCCCCCCCC(=O)OCC(COC(=O)CCCCCCCCCCCCCCCC)OC(=O)CCCCCCCCCCCC/C=C\C/C=C\C/C=C\C/C=C\CC. The molecule has 0 heterocycles. The predicted octanol–water partition coefficient (Wildman–Crippen LogP) is 23.4. The third-order valence-electron chi connectivity index (χ3n) is 14.5. The molecule has 0 bridgehead atoms. The average molecular weight is 1110 g/mol. The zero-order chi connectivity index (χ0) is 57.8. The van der Waals surface area contributed by atoms with Crippen LogP contribution in [0.2, 0.25) is 0 Å². The molecule has 1 unspecified atom stereocenters. The fourth-order valence-electron chi connectivity index (χ4n) is 9.52. The van der Waals surface area contributed by atoms with Gasteiger partial charge in [0.1, 0.15) is 13.2 Å².